The molecule has 0 aromatic rings. The standard InChI is InChI=1S/C8H15NO2/c1-7(2)11-8(10)5-3-4-6-9/h1,3-6,9H2,2H3. The number of carbonyl (C=O) groups is 1. The molecule has 64 valence electrons. The Hall–Kier alpha value is -0.830. The molecular weight excluding hydrogens is 142 g/mol. The molecule has 3 heteroatoms. The summed E-state index contributed by atoms with van der Waals surface area (Å²) >= 11 is 0. The van der Waals surface area contributed by atoms with E-state index in [1.807, 2.05) is 0 Å². The summed E-state index contributed by atoms with van der Waals surface area (Å²) in [6, 6.07) is 0. The average Bonchev–Trinajstić information content (AvgIpc) is 1.86. The topological polar surface area (TPSA) is 52.3 Å². The normalized spacial score (nSPS) is 9.27. The molecule has 0 saturated carbocycles. The first-order valence-corrected chi connectivity index (χ1v) is 3.73. The molecule has 0 unspecified atom stereocenters. The fraction of sp³-hybridized carbons (Fsp3) is 0.625. The fourth-order valence-electron chi connectivity index (χ4n) is 0.659. The Kier molecular flexibility index (Phi) is 5.47. The van der Waals surface area contributed by atoms with Gasteiger partial charge >= 0.3 is 5.97 Å². The van der Waals surface area contributed by atoms with E-state index in [1.54, 1.807) is 6.92 Å². The van der Waals surface area contributed by atoms with Crippen molar-refractivity contribution < 1.29 is 9.53 Å². The Morgan fingerprint density at radius 2 is 2.18 bits per heavy atom. The van der Waals surface area contributed by atoms with Gasteiger partial charge in [-0.15, -0.1) is 0 Å². The van der Waals surface area contributed by atoms with Crippen LogP contribution in [0.1, 0.15) is 26.2 Å². The van der Waals surface area contributed by atoms with Gasteiger partial charge in [-0.3, -0.25) is 4.79 Å². The Balaban J connectivity index is 3.30. The zero-order valence-electron chi connectivity index (χ0n) is 6.93. The van der Waals surface area contributed by atoms with E-state index in [-0.39, 0.29) is 5.97 Å². The molecule has 3 nitrogen and oxygen atoms in total. The van der Waals surface area contributed by atoms with Gasteiger partial charge in [-0.2, -0.15) is 0 Å². The van der Waals surface area contributed by atoms with Crippen LogP contribution in [0.4, 0.5) is 0 Å². The van der Waals surface area contributed by atoms with Crippen molar-refractivity contribution in [2.45, 2.75) is 26.2 Å². The van der Waals surface area contributed by atoms with Crippen LogP contribution in [0, 0.1) is 0 Å². The molecule has 0 aromatic carbocycles. The second kappa shape index (κ2) is 5.92. The molecule has 0 spiro atoms. The van der Waals surface area contributed by atoms with E-state index in [9.17, 15) is 4.79 Å². The van der Waals surface area contributed by atoms with Crippen molar-refractivity contribution in [1.82, 2.24) is 0 Å². The van der Waals surface area contributed by atoms with Gasteiger partial charge in [0.05, 0.1) is 5.76 Å². The van der Waals surface area contributed by atoms with Crippen LogP contribution in [0.15, 0.2) is 12.3 Å². The highest BCUT2D eigenvalue weighted by molar-refractivity contribution is 5.70. The zero-order valence-corrected chi connectivity index (χ0v) is 6.93. The summed E-state index contributed by atoms with van der Waals surface area (Å²) in [4.78, 5) is 10.8. The van der Waals surface area contributed by atoms with E-state index in [0.29, 0.717) is 18.7 Å². The molecular formula is C8H15NO2. The number of nitrogens with two attached hydrogens (primary N) is 1. The predicted molar refractivity (Wildman–Crippen MR) is 43.8 cm³/mol. The Bertz CT molecular complexity index is 143. The summed E-state index contributed by atoms with van der Waals surface area (Å²) in [5, 5.41) is 0. The van der Waals surface area contributed by atoms with Crippen LogP contribution in [0.25, 0.3) is 0 Å². The maximum absolute atomic E-state index is 10.8. The van der Waals surface area contributed by atoms with Crippen molar-refractivity contribution in [3.05, 3.63) is 12.3 Å². The van der Waals surface area contributed by atoms with E-state index < -0.39 is 0 Å². The van der Waals surface area contributed by atoms with Gasteiger partial charge in [0.2, 0.25) is 0 Å². The van der Waals surface area contributed by atoms with Crippen molar-refractivity contribution in [2.24, 2.45) is 5.73 Å². The lowest BCUT2D eigenvalue weighted by molar-refractivity contribution is -0.139. The first-order chi connectivity index (χ1) is 5.16. The second-order valence-electron chi connectivity index (χ2n) is 2.42. The van der Waals surface area contributed by atoms with E-state index in [0.717, 1.165) is 12.8 Å². The number of hydrogen-bond acceptors (Lipinski definition) is 3. The molecule has 0 bridgehead atoms. The number of ether oxygens (including phenoxy) is 1. The summed E-state index contributed by atoms with van der Waals surface area (Å²) in [6.07, 6.45) is 2.10. The second-order valence-corrected chi connectivity index (χ2v) is 2.42. The zero-order chi connectivity index (χ0) is 8.69. The molecule has 0 heterocycles. The van der Waals surface area contributed by atoms with Crippen LogP contribution in [-0.4, -0.2) is 12.5 Å². The van der Waals surface area contributed by atoms with Gasteiger partial charge in [0, 0.05) is 6.42 Å². The van der Waals surface area contributed by atoms with Gasteiger partial charge in [0.15, 0.2) is 0 Å². The SMILES string of the molecule is C=C(C)OC(=O)CCCCN. The number of allylic oxidation sites excluding steroid dienone is 1. The molecule has 0 aromatic heterocycles. The fourth-order valence-corrected chi connectivity index (χ4v) is 0.659. The quantitative estimate of drug-likeness (QED) is 0.370. The van der Waals surface area contributed by atoms with Gasteiger partial charge in [-0.25, -0.2) is 0 Å². The van der Waals surface area contributed by atoms with Crippen LogP contribution >= 0.6 is 0 Å². The van der Waals surface area contributed by atoms with Gasteiger partial charge in [0.25, 0.3) is 0 Å². The van der Waals surface area contributed by atoms with Crippen LogP contribution in [0.2, 0.25) is 0 Å². The number of carbonyl (C=O) groups excluding carboxylic acids is 1. The first kappa shape index (κ1) is 10.2. The molecule has 0 atom stereocenters. The number of esters is 1. The van der Waals surface area contributed by atoms with E-state index >= 15 is 0 Å². The maximum Gasteiger partial charge on any atom is 0.310 e. The van der Waals surface area contributed by atoms with Crippen molar-refractivity contribution in [3.8, 4) is 0 Å². The third kappa shape index (κ3) is 7.06. The summed E-state index contributed by atoms with van der Waals surface area (Å²) in [7, 11) is 0. The monoisotopic (exact) mass is 157 g/mol. The molecule has 0 saturated heterocycles. The minimum absolute atomic E-state index is 0.217. The lowest BCUT2D eigenvalue weighted by Crippen LogP contribution is -2.04. The van der Waals surface area contributed by atoms with E-state index in [2.05, 4.69) is 6.58 Å². The van der Waals surface area contributed by atoms with Crippen molar-refractivity contribution >= 4 is 5.97 Å². The highest BCUT2D eigenvalue weighted by Crippen LogP contribution is 1.99. The number of unbranched alkanes of at least 4 members (excludes halogenated alkanes) is 1. The van der Waals surface area contributed by atoms with Gasteiger partial charge in [0.1, 0.15) is 0 Å². The van der Waals surface area contributed by atoms with Crippen LogP contribution in [-0.2, 0) is 9.53 Å². The minimum atomic E-state index is -0.217. The molecule has 0 fully saturated rings. The summed E-state index contributed by atoms with van der Waals surface area (Å²) in [6.45, 7) is 5.73. The third-order valence-corrected chi connectivity index (χ3v) is 1.12. The lowest BCUT2D eigenvalue weighted by atomic mass is 10.2. The first-order valence-electron chi connectivity index (χ1n) is 3.73. The Morgan fingerprint density at radius 3 is 2.64 bits per heavy atom. The smallest absolute Gasteiger partial charge is 0.310 e. The average molecular weight is 157 g/mol. The summed E-state index contributed by atoms with van der Waals surface area (Å²) < 4.78 is 4.72. The molecule has 0 amide bonds. The van der Waals surface area contributed by atoms with Crippen LogP contribution in [0.3, 0.4) is 0 Å². The summed E-state index contributed by atoms with van der Waals surface area (Å²) in [5.74, 6) is 0.230. The molecule has 0 rings (SSSR count). The minimum Gasteiger partial charge on any atom is -0.432 e. The van der Waals surface area contributed by atoms with Crippen LogP contribution < -0.4 is 5.73 Å². The third-order valence-electron chi connectivity index (χ3n) is 1.12. The molecule has 0 radical (unpaired) electrons. The summed E-state index contributed by atoms with van der Waals surface area (Å²) in [5.41, 5.74) is 5.25. The largest absolute Gasteiger partial charge is 0.432 e. The molecule has 0 aliphatic heterocycles. The van der Waals surface area contributed by atoms with Gasteiger partial charge in [-0.1, -0.05) is 6.58 Å². The number of hydrogen-bond donors (Lipinski definition) is 1. The van der Waals surface area contributed by atoms with E-state index in [1.165, 1.54) is 0 Å². The molecule has 0 aliphatic rings. The van der Waals surface area contributed by atoms with Crippen molar-refractivity contribution in [2.75, 3.05) is 6.54 Å². The lowest BCUT2D eigenvalue weighted by Gasteiger charge is -2.01. The Morgan fingerprint density at radius 1 is 1.55 bits per heavy atom. The van der Waals surface area contributed by atoms with Gasteiger partial charge < -0.3 is 10.5 Å². The molecule has 11 heavy (non-hydrogen) atoms. The van der Waals surface area contributed by atoms with Crippen molar-refractivity contribution in [1.29, 1.82) is 0 Å². The predicted octanol–water partition coefficient (Wildman–Crippen LogP) is 1.19. The molecule has 0 aliphatic carbocycles. The maximum atomic E-state index is 10.8. The number of rotatable bonds is 5. The van der Waals surface area contributed by atoms with Gasteiger partial charge in [-0.05, 0) is 26.3 Å². The van der Waals surface area contributed by atoms with E-state index in [4.69, 9.17) is 10.5 Å². The Labute approximate surface area is 67.2 Å². The van der Waals surface area contributed by atoms with Crippen molar-refractivity contribution in [3.63, 3.8) is 0 Å². The highest BCUT2D eigenvalue weighted by atomic mass is 16.5. The highest BCUT2D eigenvalue weighted by Gasteiger charge is 2.01. The molecule has 2 N–H and O–H groups in total. The van der Waals surface area contributed by atoms with Crippen LogP contribution in [0.5, 0.6) is 0 Å².